The van der Waals surface area contributed by atoms with Crippen LogP contribution in [0.25, 0.3) is 0 Å². The van der Waals surface area contributed by atoms with E-state index in [1.165, 1.54) is 36.2 Å². The van der Waals surface area contributed by atoms with Crippen LogP contribution in [0.3, 0.4) is 0 Å². The van der Waals surface area contributed by atoms with Crippen molar-refractivity contribution in [2.45, 2.75) is 22.7 Å². The minimum atomic E-state index is -3.60. The van der Waals surface area contributed by atoms with Crippen molar-refractivity contribution in [1.29, 1.82) is 0 Å². The van der Waals surface area contributed by atoms with Gasteiger partial charge in [-0.1, -0.05) is 29.2 Å². The molecule has 0 saturated heterocycles. The number of rotatable bonds is 9. The largest absolute Gasteiger partial charge is 0.467 e. The van der Waals surface area contributed by atoms with Crippen LogP contribution in [0.15, 0.2) is 50.2 Å². The van der Waals surface area contributed by atoms with Crippen molar-refractivity contribution in [3.63, 3.8) is 0 Å². The molecule has 0 radical (unpaired) electrons. The van der Waals surface area contributed by atoms with E-state index < -0.39 is 10.0 Å². The monoisotopic (exact) mass is 453 g/mol. The third-order valence-electron chi connectivity index (χ3n) is 3.76. The highest BCUT2D eigenvalue weighted by Crippen LogP contribution is 2.26. The fourth-order valence-corrected chi connectivity index (χ4v) is 4.86. The Hall–Kier alpha value is -2.41. The molecule has 0 unspecified atom stereocenters. The van der Waals surface area contributed by atoms with E-state index in [-0.39, 0.29) is 16.6 Å². The van der Waals surface area contributed by atoms with Crippen molar-refractivity contribution >= 4 is 49.8 Å². The fourth-order valence-electron chi connectivity index (χ4n) is 2.32. The van der Waals surface area contributed by atoms with Crippen molar-refractivity contribution in [3.8, 4) is 0 Å². The van der Waals surface area contributed by atoms with Crippen LogP contribution < -0.4 is 15.4 Å². The minimum absolute atomic E-state index is 0.120. The number of aryl methyl sites for hydroxylation is 1. The average Bonchev–Trinajstić information content (AvgIpc) is 3.38. The van der Waals surface area contributed by atoms with E-state index in [9.17, 15) is 13.2 Å². The quantitative estimate of drug-likeness (QED) is 0.422. The maximum Gasteiger partial charge on any atom is 0.240 e. The molecule has 12 heteroatoms. The second kappa shape index (κ2) is 9.39. The third-order valence-corrected chi connectivity index (χ3v) is 7.33. The van der Waals surface area contributed by atoms with Gasteiger partial charge < -0.3 is 15.1 Å². The number of sulfonamides is 1. The zero-order chi connectivity index (χ0) is 20.9. The number of nitrogens with one attached hydrogen (secondary N) is 3. The Morgan fingerprint density at radius 1 is 1.28 bits per heavy atom. The highest BCUT2D eigenvalue weighted by atomic mass is 32.2. The molecule has 0 spiro atoms. The summed E-state index contributed by atoms with van der Waals surface area (Å²) in [6.45, 7) is 2.19. The van der Waals surface area contributed by atoms with Gasteiger partial charge in [-0.25, -0.2) is 13.1 Å². The predicted molar refractivity (Wildman–Crippen MR) is 113 cm³/mol. The van der Waals surface area contributed by atoms with Gasteiger partial charge in [0.2, 0.25) is 21.1 Å². The van der Waals surface area contributed by atoms with Crippen LogP contribution in [0, 0.1) is 6.92 Å². The Morgan fingerprint density at radius 3 is 2.83 bits per heavy atom. The second-order valence-electron chi connectivity index (χ2n) is 5.83. The minimum Gasteiger partial charge on any atom is -0.467 e. The summed E-state index contributed by atoms with van der Waals surface area (Å²) in [5.74, 6) is 0.632. The lowest BCUT2D eigenvalue weighted by molar-refractivity contribution is -0.113. The molecule has 0 aliphatic heterocycles. The lowest BCUT2D eigenvalue weighted by atomic mass is 10.2. The van der Waals surface area contributed by atoms with Gasteiger partial charge in [-0.3, -0.25) is 4.79 Å². The normalized spacial score (nSPS) is 11.4. The maximum absolute atomic E-state index is 12.2. The summed E-state index contributed by atoms with van der Waals surface area (Å²) < 4.78 is 32.3. The van der Waals surface area contributed by atoms with Crippen LogP contribution in [0.2, 0.25) is 0 Å². The number of nitrogens with zero attached hydrogens (tertiary/aromatic N) is 2. The van der Waals surface area contributed by atoms with Crippen molar-refractivity contribution in [2.75, 3.05) is 23.4 Å². The molecular weight excluding hydrogens is 434 g/mol. The molecule has 2 aromatic heterocycles. The number of amides is 1. The molecule has 2 heterocycles. The molecule has 3 rings (SSSR count). The summed E-state index contributed by atoms with van der Waals surface area (Å²) in [6.07, 6.45) is 1.60. The van der Waals surface area contributed by atoms with Gasteiger partial charge in [0.1, 0.15) is 5.76 Å². The van der Waals surface area contributed by atoms with Crippen LogP contribution in [0.1, 0.15) is 11.3 Å². The zero-order valence-corrected chi connectivity index (χ0v) is 18.1. The van der Waals surface area contributed by atoms with Gasteiger partial charge in [0.05, 0.1) is 23.5 Å². The molecule has 0 bridgehead atoms. The van der Waals surface area contributed by atoms with E-state index in [0.717, 1.165) is 5.76 Å². The number of furan rings is 1. The molecule has 1 aromatic carbocycles. The van der Waals surface area contributed by atoms with E-state index in [1.807, 2.05) is 12.1 Å². The van der Waals surface area contributed by atoms with E-state index >= 15 is 0 Å². The van der Waals surface area contributed by atoms with Gasteiger partial charge in [0, 0.05) is 5.69 Å². The molecule has 0 aliphatic carbocycles. The summed E-state index contributed by atoms with van der Waals surface area (Å²) in [4.78, 5) is 12.3. The van der Waals surface area contributed by atoms with Gasteiger partial charge in [-0.05, 0) is 43.8 Å². The van der Waals surface area contributed by atoms with E-state index in [2.05, 4.69) is 25.6 Å². The van der Waals surface area contributed by atoms with Crippen molar-refractivity contribution in [3.05, 3.63) is 47.9 Å². The summed E-state index contributed by atoms with van der Waals surface area (Å²) in [7, 11) is -2.25. The first-order valence-corrected chi connectivity index (χ1v) is 11.7. The first kappa shape index (κ1) is 21.3. The van der Waals surface area contributed by atoms with E-state index in [1.54, 1.807) is 25.3 Å². The SMILES string of the molecule is CNS(=O)(=O)c1cc(NC(=O)CSc2nnc(NCc3ccco3)s2)ccc1C. The number of carbonyl (C=O) groups excluding carboxylic acids is 1. The van der Waals surface area contributed by atoms with Crippen LogP contribution >= 0.6 is 23.1 Å². The summed E-state index contributed by atoms with van der Waals surface area (Å²) in [6, 6.07) is 8.41. The van der Waals surface area contributed by atoms with Gasteiger partial charge >= 0.3 is 0 Å². The molecule has 3 N–H and O–H groups in total. The molecule has 0 fully saturated rings. The van der Waals surface area contributed by atoms with Crippen LogP contribution in [0.4, 0.5) is 10.8 Å². The lowest BCUT2D eigenvalue weighted by Gasteiger charge is -2.10. The highest BCUT2D eigenvalue weighted by Gasteiger charge is 2.16. The average molecular weight is 454 g/mol. The number of hydrogen-bond donors (Lipinski definition) is 3. The maximum atomic E-state index is 12.2. The van der Waals surface area contributed by atoms with Crippen molar-refractivity contribution in [2.24, 2.45) is 0 Å². The molecule has 0 saturated carbocycles. The Kier molecular flexibility index (Phi) is 6.90. The lowest BCUT2D eigenvalue weighted by Crippen LogP contribution is -2.20. The Morgan fingerprint density at radius 2 is 2.10 bits per heavy atom. The van der Waals surface area contributed by atoms with Gasteiger partial charge in [0.15, 0.2) is 4.34 Å². The predicted octanol–water partition coefficient (Wildman–Crippen LogP) is 2.69. The first-order valence-electron chi connectivity index (χ1n) is 8.44. The molecule has 0 atom stereocenters. The third kappa shape index (κ3) is 5.79. The second-order valence-corrected chi connectivity index (χ2v) is 9.89. The molecule has 0 aliphatic rings. The summed E-state index contributed by atoms with van der Waals surface area (Å²) >= 11 is 2.58. The van der Waals surface area contributed by atoms with Gasteiger partial charge in [-0.15, -0.1) is 10.2 Å². The number of anilines is 2. The summed E-state index contributed by atoms with van der Waals surface area (Å²) in [5.41, 5.74) is 1.00. The number of aromatic nitrogens is 2. The standard InChI is InChI=1S/C17H19N5O4S3/c1-11-5-6-12(8-14(11)29(24,25)18-2)20-15(23)10-27-17-22-21-16(28-17)19-9-13-4-3-7-26-13/h3-8,18H,9-10H2,1-2H3,(H,19,21)(H,20,23). The topological polar surface area (TPSA) is 126 Å². The number of carbonyl (C=O) groups is 1. The number of hydrogen-bond acceptors (Lipinski definition) is 9. The van der Waals surface area contributed by atoms with E-state index in [0.29, 0.717) is 27.3 Å². The Balaban J connectivity index is 1.53. The van der Waals surface area contributed by atoms with Crippen LogP contribution in [0.5, 0.6) is 0 Å². The fraction of sp³-hybridized carbons (Fsp3) is 0.235. The van der Waals surface area contributed by atoms with Crippen LogP contribution in [-0.4, -0.2) is 37.3 Å². The molecule has 9 nitrogen and oxygen atoms in total. The zero-order valence-electron chi connectivity index (χ0n) is 15.6. The molecule has 29 heavy (non-hydrogen) atoms. The smallest absolute Gasteiger partial charge is 0.240 e. The number of benzene rings is 1. The Labute approximate surface area is 176 Å². The van der Waals surface area contributed by atoms with E-state index in [4.69, 9.17) is 4.42 Å². The van der Waals surface area contributed by atoms with Gasteiger partial charge in [0.25, 0.3) is 0 Å². The Bertz CT molecular complexity index is 1080. The number of thioether (sulfide) groups is 1. The first-order chi connectivity index (χ1) is 13.9. The highest BCUT2D eigenvalue weighted by molar-refractivity contribution is 8.01. The van der Waals surface area contributed by atoms with Gasteiger partial charge in [-0.2, -0.15) is 0 Å². The molecule has 3 aromatic rings. The molecular formula is C17H19N5O4S3. The van der Waals surface area contributed by atoms with Crippen molar-refractivity contribution < 1.29 is 17.6 Å². The molecule has 1 amide bonds. The molecule has 154 valence electrons. The van der Waals surface area contributed by atoms with Crippen molar-refractivity contribution in [1.82, 2.24) is 14.9 Å². The van der Waals surface area contributed by atoms with Crippen LogP contribution in [-0.2, 0) is 21.4 Å². The summed E-state index contributed by atoms with van der Waals surface area (Å²) in [5, 5.41) is 14.5.